The Bertz CT molecular complexity index is 505. The molecule has 1 amide bonds. The molecule has 0 atom stereocenters. The molecule has 0 saturated carbocycles. The van der Waals surface area contributed by atoms with E-state index in [-0.39, 0.29) is 12.4 Å². The average Bonchev–Trinajstić information content (AvgIpc) is 2.15. The third kappa shape index (κ3) is 4.64. The molecule has 0 spiro atoms. The van der Waals surface area contributed by atoms with E-state index in [1.807, 2.05) is 4.72 Å². The molecule has 0 bridgehead atoms. The Morgan fingerprint density at radius 3 is 2.82 bits per heavy atom. The first kappa shape index (κ1) is 13.2. The third-order valence-corrected chi connectivity index (χ3v) is 2.36. The van der Waals surface area contributed by atoms with E-state index < -0.39 is 22.3 Å². The van der Waals surface area contributed by atoms with Crippen LogP contribution in [-0.4, -0.2) is 26.1 Å². The standard InChI is InChI=1S/C8H10FN3O4S/c1-2-16-8(13)12-17(14,15)11-7-5-3-4-6(9)10-7/h3-5H,2H2,1H3,(H,10,11)(H,12,13). The first-order chi connectivity index (χ1) is 7.93. The summed E-state index contributed by atoms with van der Waals surface area (Å²) in [5.41, 5.74) is 0. The lowest BCUT2D eigenvalue weighted by Crippen LogP contribution is -2.36. The molecule has 94 valence electrons. The fourth-order valence-corrected chi connectivity index (χ4v) is 1.62. The van der Waals surface area contributed by atoms with E-state index in [2.05, 4.69) is 9.72 Å². The van der Waals surface area contributed by atoms with Gasteiger partial charge >= 0.3 is 16.3 Å². The van der Waals surface area contributed by atoms with E-state index in [0.29, 0.717) is 0 Å². The Kier molecular flexibility index (Phi) is 4.21. The van der Waals surface area contributed by atoms with Crippen molar-refractivity contribution in [3.8, 4) is 0 Å². The molecule has 9 heteroatoms. The number of pyridine rings is 1. The number of rotatable bonds is 4. The summed E-state index contributed by atoms with van der Waals surface area (Å²) in [6, 6.07) is 3.55. The van der Waals surface area contributed by atoms with Crippen LogP contribution in [0.1, 0.15) is 6.92 Å². The van der Waals surface area contributed by atoms with Crippen LogP contribution in [0.3, 0.4) is 0 Å². The maximum Gasteiger partial charge on any atom is 0.422 e. The van der Waals surface area contributed by atoms with Crippen LogP contribution in [0.5, 0.6) is 0 Å². The van der Waals surface area contributed by atoms with E-state index in [4.69, 9.17) is 0 Å². The van der Waals surface area contributed by atoms with Gasteiger partial charge in [0.05, 0.1) is 6.61 Å². The van der Waals surface area contributed by atoms with Crippen molar-refractivity contribution < 1.29 is 22.3 Å². The average molecular weight is 263 g/mol. The summed E-state index contributed by atoms with van der Waals surface area (Å²) >= 11 is 0. The van der Waals surface area contributed by atoms with Gasteiger partial charge < -0.3 is 4.74 Å². The van der Waals surface area contributed by atoms with Crippen molar-refractivity contribution in [2.24, 2.45) is 0 Å². The summed E-state index contributed by atoms with van der Waals surface area (Å²) in [4.78, 5) is 14.1. The van der Waals surface area contributed by atoms with Gasteiger partial charge in [-0.05, 0) is 19.1 Å². The molecule has 0 fully saturated rings. The minimum Gasteiger partial charge on any atom is -0.449 e. The number of nitrogens with zero attached hydrogens (tertiary/aromatic N) is 1. The topological polar surface area (TPSA) is 97.4 Å². The van der Waals surface area contributed by atoms with Gasteiger partial charge in [-0.2, -0.15) is 12.8 Å². The number of nitrogens with one attached hydrogen (secondary N) is 2. The lowest BCUT2D eigenvalue weighted by molar-refractivity contribution is 0.159. The highest BCUT2D eigenvalue weighted by molar-refractivity contribution is 7.91. The number of ether oxygens (including phenoxy) is 1. The zero-order valence-electron chi connectivity index (χ0n) is 8.81. The minimum absolute atomic E-state index is 0.0273. The first-order valence-corrected chi connectivity index (χ1v) is 6.01. The molecule has 1 aromatic rings. The molecule has 0 aliphatic carbocycles. The smallest absolute Gasteiger partial charge is 0.422 e. The molecule has 1 rings (SSSR count). The van der Waals surface area contributed by atoms with E-state index in [1.165, 1.54) is 19.1 Å². The Hall–Kier alpha value is -1.90. The maximum atomic E-state index is 12.7. The number of halogens is 1. The fraction of sp³-hybridized carbons (Fsp3) is 0.250. The molecule has 0 aromatic carbocycles. The van der Waals surface area contributed by atoms with Crippen molar-refractivity contribution in [1.29, 1.82) is 0 Å². The SMILES string of the molecule is CCOC(=O)NS(=O)(=O)Nc1cccc(F)n1. The van der Waals surface area contributed by atoms with Gasteiger partial charge in [-0.25, -0.2) is 19.2 Å². The van der Waals surface area contributed by atoms with E-state index in [0.717, 1.165) is 6.07 Å². The fourth-order valence-electron chi connectivity index (χ4n) is 0.899. The predicted octanol–water partition coefficient (Wildman–Crippen LogP) is 0.623. The largest absolute Gasteiger partial charge is 0.449 e. The second kappa shape index (κ2) is 5.43. The molecule has 0 radical (unpaired) electrons. The minimum atomic E-state index is -4.18. The van der Waals surface area contributed by atoms with Gasteiger partial charge in [0.15, 0.2) is 0 Å². The van der Waals surface area contributed by atoms with Crippen LogP contribution < -0.4 is 9.44 Å². The second-order valence-electron chi connectivity index (χ2n) is 2.77. The molecule has 1 heterocycles. The van der Waals surface area contributed by atoms with Crippen LogP contribution in [0.15, 0.2) is 18.2 Å². The van der Waals surface area contributed by atoms with Crippen LogP contribution in [0.4, 0.5) is 15.0 Å². The van der Waals surface area contributed by atoms with Crippen LogP contribution in [0.25, 0.3) is 0 Å². The molecular weight excluding hydrogens is 253 g/mol. The van der Waals surface area contributed by atoms with Crippen molar-refractivity contribution in [2.45, 2.75) is 6.92 Å². The lowest BCUT2D eigenvalue weighted by Gasteiger charge is -2.08. The summed E-state index contributed by atoms with van der Waals surface area (Å²) < 4.78 is 43.1. The van der Waals surface area contributed by atoms with Crippen molar-refractivity contribution in [3.63, 3.8) is 0 Å². The van der Waals surface area contributed by atoms with Gasteiger partial charge in [0.25, 0.3) is 0 Å². The van der Waals surface area contributed by atoms with Crippen LogP contribution >= 0.6 is 0 Å². The van der Waals surface area contributed by atoms with Gasteiger partial charge in [-0.3, -0.25) is 0 Å². The molecule has 2 N–H and O–H groups in total. The maximum absolute atomic E-state index is 12.7. The Morgan fingerprint density at radius 2 is 2.24 bits per heavy atom. The molecule has 1 aromatic heterocycles. The van der Waals surface area contributed by atoms with Gasteiger partial charge in [-0.15, -0.1) is 0 Å². The van der Waals surface area contributed by atoms with Gasteiger partial charge in [0.2, 0.25) is 5.95 Å². The van der Waals surface area contributed by atoms with Gasteiger partial charge in [0.1, 0.15) is 5.82 Å². The monoisotopic (exact) mass is 263 g/mol. The van der Waals surface area contributed by atoms with E-state index in [9.17, 15) is 17.6 Å². The number of aromatic nitrogens is 1. The number of amides is 1. The summed E-state index contributed by atoms with van der Waals surface area (Å²) in [7, 11) is -4.18. The molecule has 0 saturated heterocycles. The number of anilines is 1. The van der Waals surface area contributed by atoms with Crippen molar-refractivity contribution in [1.82, 2.24) is 9.71 Å². The van der Waals surface area contributed by atoms with Crippen LogP contribution in [0, 0.1) is 5.95 Å². The number of hydrogen-bond acceptors (Lipinski definition) is 5. The Balaban J connectivity index is 2.70. The molecular formula is C8H10FN3O4S. The molecule has 0 unspecified atom stereocenters. The number of carbonyl (C=O) groups is 1. The molecule has 0 aliphatic rings. The predicted molar refractivity (Wildman–Crippen MR) is 56.9 cm³/mol. The summed E-state index contributed by atoms with van der Waals surface area (Å²) in [6.07, 6.45) is -1.13. The molecule has 7 nitrogen and oxygen atoms in total. The highest BCUT2D eigenvalue weighted by Crippen LogP contribution is 2.04. The van der Waals surface area contributed by atoms with Gasteiger partial charge in [0, 0.05) is 0 Å². The summed E-state index contributed by atoms with van der Waals surface area (Å²) in [5.74, 6) is -1.09. The van der Waals surface area contributed by atoms with E-state index >= 15 is 0 Å². The van der Waals surface area contributed by atoms with Crippen LogP contribution in [-0.2, 0) is 14.9 Å². The summed E-state index contributed by atoms with van der Waals surface area (Å²) in [6.45, 7) is 1.55. The quantitative estimate of drug-likeness (QED) is 0.776. The lowest BCUT2D eigenvalue weighted by atomic mass is 10.5. The second-order valence-corrected chi connectivity index (χ2v) is 4.19. The Morgan fingerprint density at radius 1 is 1.53 bits per heavy atom. The first-order valence-electron chi connectivity index (χ1n) is 4.53. The molecule has 0 aliphatic heterocycles. The number of carbonyl (C=O) groups excluding carboxylic acids is 1. The zero-order chi connectivity index (χ0) is 12.9. The molecule has 17 heavy (non-hydrogen) atoms. The number of hydrogen-bond donors (Lipinski definition) is 2. The Labute approximate surface area is 97.2 Å². The summed E-state index contributed by atoms with van der Waals surface area (Å²) in [5, 5.41) is 0. The highest BCUT2D eigenvalue weighted by Gasteiger charge is 2.15. The van der Waals surface area contributed by atoms with E-state index in [1.54, 1.807) is 4.72 Å². The van der Waals surface area contributed by atoms with Gasteiger partial charge in [-0.1, -0.05) is 6.07 Å². The highest BCUT2D eigenvalue weighted by atomic mass is 32.2. The third-order valence-electron chi connectivity index (χ3n) is 1.45. The van der Waals surface area contributed by atoms with Crippen molar-refractivity contribution >= 4 is 22.1 Å². The van der Waals surface area contributed by atoms with Crippen molar-refractivity contribution in [2.75, 3.05) is 11.3 Å². The zero-order valence-corrected chi connectivity index (χ0v) is 9.62. The normalized spacial score (nSPS) is 10.7. The van der Waals surface area contributed by atoms with Crippen molar-refractivity contribution in [3.05, 3.63) is 24.1 Å². The van der Waals surface area contributed by atoms with Crippen LogP contribution in [0.2, 0.25) is 0 Å².